The van der Waals surface area contributed by atoms with E-state index in [4.69, 9.17) is 4.74 Å². The van der Waals surface area contributed by atoms with Crippen molar-refractivity contribution in [3.05, 3.63) is 30.1 Å². The maximum absolute atomic E-state index is 13.2. The Hall–Kier alpha value is -1.82. The molecule has 0 aliphatic carbocycles. The minimum atomic E-state index is -0.300. The first-order valence-corrected chi connectivity index (χ1v) is 8.86. The summed E-state index contributed by atoms with van der Waals surface area (Å²) in [6.07, 6.45) is 1.98. The van der Waals surface area contributed by atoms with E-state index in [0.29, 0.717) is 25.4 Å². The first kappa shape index (κ1) is 19.5. The highest BCUT2D eigenvalue weighted by molar-refractivity contribution is 5.74. The lowest BCUT2D eigenvalue weighted by Crippen LogP contribution is -2.53. The summed E-state index contributed by atoms with van der Waals surface area (Å²) >= 11 is 0. The minimum Gasteiger partial charge on any atom is -0.493 e. The van der Waals surface area contributed by atoms with Gasteiger partial charge < -0.3 is 19.9 Å². The Morgan fingerprint density at radius 1 is 1.44 bits per heavy atom. The molecule has 2 rings (SSSR count). The number of nitrogens with one attached hydrogen (secondary N) is 1. The van der Waals surface area contributed by atoms with Crippen LogP contribution in [-0.4, -0.2) is 61.7 Å². The van der Waals surface area contributed by atoms with Crippen LogP contribution >= 0.6 is 0 Å². The fraction of sp³-hybridized carbons (Fsp3) is 0.632. The Morgan fingerprint density at radius 2 is 2.20 bits per heavy atom. The second kappa shape index (κ2) is 8.52. The first-order valence-electron chi connectivity index (χ1n) is 8.86. The third-order valence-corrected chi connectivity index (χ3v) is 4.97. The van der Waals surface area contributed by atoms with Gasteiger partial charge in [0, 0.05) is 37.2 Å². The molecule has 0 unspecified atom stereocenters. The van der Waals surface area contributed by atoms with Crippen LogP contribution in [0.2, 0.25) is 0 Å². The maximum Gasteiger partial charge on any atom is 0.317 e. The molecule has 25 heavy (non-hydrogen) atoms. The molecule has 1 heterocycles. The number of hydrogen-bond donors (Lipinski definition) is 1. The number of hydrogen-bond acceptors (Lipinski definition) is 3. The van der Waals surface area contributed by atoms with E-state index in [1.807, 2.05) is 19.0 Å². The molecule has 0 spiro atoms. The molecule has 6 heteroatoms. The summed E-state index contributed by atoms with van der Waals surface area (Å²) in [7, 11) is 4.01. The number of amides is 2. The zero-order valence-corrected chi connectivity index (χ0v) is 15.7. The van der Waals surface area contributed by atoms with Crippen LogP contribution in [0.1, 0.15) is 26.7 Å². The van der Waals surface area contributed by atoms with Crippen LogP contribution < -0.4 is 10.1 Å². The predicted molar refractivity (Wildman–Crippen MR) is 97.4 cm³/mol. The fourth-order valence-electron chi connectivity index (χ4n) is 2.72. The molecule has 1 fully saturated rings. The van der Waals surface area contributed by atoms with Gasteiger partial charge in [0.2, 0.25) is 0 Å². The van der Waals surface area contributed by atoms with Gasteiger partial charge in [-0.2, -0.15) is 0 Å². The number of rotatable bonds is 6. The summed E-state index contributed by atoms with van der Waals surface area (Å²) in [6, 6.07) is 6.15. The van der Waals surface area contributed by atoms with Gasteiger partial charge in [-0.3, -0.25) is 0 Å². The lowest BCUT2D eigenvalue weighted by atomic mass is 9.99. The molecule has 1 saturated heterocycles. The number of ether oxygens (including phenoxy) is 1. The average Bonchev–Trinajstić information content (AvgIpc) is 2.58. The van der Waals surface area contributed by atoms with Gasteiger partial charge in [0.05, 0.1) is 6.61 Å². The molecular weight excluding hydrogens is 321 g/mol. The van der Waals surface area contributed by atoms with E-state index < -0.39 is 0 Å². The van der Waals surface area contributed by atoms with Gasteiger partial charge in [-0.05, 0) is 52.9 Å². The second-order valence-electron chi connectivity index (χ2n) is 7.59. The van der Waals surface area contributed by atoms with Crippen molar-refractivity contribution in [3.63, 3.8) is 0 Å². The van der Waals surface area contributed by atoms with Crippen LogP contribution in [-0.2, 0) is 0 Å². The fourth-order valence-corrected chi connectivity index (χ4v) is 2.72. The summed E-state index contributed by atoms with van der Waals surface area (Å²) in [6.45, 7) is 6.72. The molecule has 0 saturated carbocycles. The number of benzene rings is 1. The predicted octanol–water partition coefficient (Wildman–Crippen LogP) is 2.97. The van der Waals surface area contributed by atoms with Crippen molar-refractivity contribution < 1.29 is 13.9 Å². The molecule has 1 aliphatic rings. The van der Waals surface area contributed by atoms with E-state index >= 15 is 0 Å². The van der Waals surface area contributed by atoms with Crippen molar-refractivity contribution in [3.8, 4) is 5.75 Å². The van der Waals surface area contributed by atoms with Crippen LogP contribution in [0.3, 0.4) is 0 Å². The molecule has 1 aliphatic heterocycles. The van der Waals surface area contributed by atoms with E-state index in [-0.39, 0.29) is 23.3 Å². The number of nitrogens with zero attached hydrogens (tertiary/aromatic N) is 2. The largest absolute Gasteiger partial charge is 0.493 e. The lowest BCUT2D eigenvalue weighted by Gasteiger charge is -2.36. The molecule has 0 aromatic heterocycles. The van der Waals surface area contributed by atoms with Crippen LogP contribution in [0.5, 0.6) is 5.75 Å². The summed E-state index contributed by atoms with van der Waals surface area (Å²) < 4.78 is 18.9. The Bertz CT molecular complexity index is 578. The smallest absolute Gasteiger partial charge is 0.317 e. The Morgan fingerprint density at radius 3 is 2.88 bits per heavy atom. The Labute approximate surface area is 150 Å². The summed E-state index contributed by atoms with van der Waals surface area (Å²) in [5, 5.41) is 3.03. The van der Waals surface area contributed by atoms with E-state index in [1.165, 1.54) is 12.1 Å². The van der Waals surface area contributed by atoms with Crippen molar-refractivity contribution >= 4 is 6.03 Å². The molecular formula is C19H30FN3O2. The molecule has 1 aromatic carbocycles. The molecule has 0 radical (unpaired) electrons. The van der Waals surface area contributed by atoms with E-state index in [2.05, 4.69) is 24.1 Å². The molecule has 1 atom stereocenters. The SMILES string of the molecule is CN(C)C(C)(C)CNC(=O)N1CCC[C@H](COc2cccc(F)c2)C1. The molecule has 1 aromatic rings. The third-order valence-electron chi connectivity index (χ3n) is 4.97. The monoisotopic (exact) mass is 351 g/mol. The number of urea groups is 1. The molecule has 2 amide bonds. The Balaban J connectivity index is 1.80. The van der Waals surface area contributed by atoms with Crippen molar-refractivity contribution in [1.29, 1.82) is 0 Å². The molecule has 140 valence electrons. The molecule has 5 nitrogen and oxygen atoms in total. The number of likely N-dealkylation sites (tertiary alicyclic amines) is 1. The van der Waals surface area contributed by atoms with E-state index in [9.17, 15) is 9.18 Å². The highest BCUT2D eigenvalue weighted by Crippen LogP contribution is 2.19. The number of likely N-dealkylation sites (N-methyl/N-ethyl adjacent to an activating group) is 1. The lowest BCUT2D eigenvalue weighted by molar-refractivity contribution is 0.131. The highest BCUT2D eigenvalue weighted by atomic mass is 19.1. The molecule has 0 bridgehead atoms. The molecule has 1 N–H and O–H groups in total. The van der Waals surface area contributed by atoms with Gasteiger partial charge >= 0.3 is 6.03 Å². The van der Waals surface area contributed by atoms with Gasteiger partial charge in [-0.1, -0.05) is 6.07 Å². The minimum absolute atomic E-state index is 0.0228. The van der Waals surface area contributed by atoms with Gasteiger partial charge in [-0.25, -0.2) is 9.18 Å². The Kier molecular flexibility index (Phi) is 6.64. The number of carbonyl (C=O) groups is 1. The van der Waals surface area contributed by atoms with Gasteiger partial charge in [0.15, 0.2) is 0 Å². The number of piperidine rings is 1. The summed E-state index contributed by atoms with van der Waals surface area (Å²) in [5.74, 6) is 0.504. The first-order chi connectivity index (χ1) is 11.8. The standard InChI is InChI=1S/C19H30FN3O2/c1-19(2,22(3)4)14-21-18(24)23-10-6-7-15(12-23)13-25-17-9-5-8-16(20)11-17/h5,8-9,11,15H,6-7,10,12-14H2,1-4H3,(H,21,24)/t15-/m0/s1. The van der Waals surface area contributed by atoms with Crippen molar-refractivity contribution in [2.45, 2.75) is 32.2 Å². The van der Waals surface area contributed by atoms with Gasteiger partial charge in [0.25, 0.3) is 0 Å². The third kappa shape index (κ3) is 5.88. The normalized spacial score (nSPS) is 18.3. The van der Waals surface area contributed by atoms with Crippen LogP contribution in [0.25, 0.3) is 0 Å². The van der Waals surface area contributed by atoms with Crippen LogP contribution in [0.4, 0.5) is 9.18 Å². The maximum atomic E-state index is 13.2. The summed E-state index contributed by atoms with van der Waals surface area (Å²) in [5.41, 5.74) is -0.0919. The van der Waals surface area contributed by atoms with E-state index in [1.54, 1.807) is 12.1 Å². The van der Waals surface area contributed by atoms with Gasteiger partial charge in [-0.15, -0.1) is 0 Å². The zero-order chi connectivity index (χ0) is 18.4. The van der Waals surface area contributed by atoms with Crippen molar-refractivity contribution in [2.75, 3.05) is 40.3 Å². The van der Waals surface area contributed by atoms with E-state index in [0.717, 1.165) is 19.4 Å². The summed E-state index contributed by atoms with van der Waals surface area (Å²) in [4.78, 5) is 16.4. The van der Waals surface area contributed by atoms with Gasteiger partial charge in [0.1, 0.15) is 11.6 Å². The number of halogens is 1. The van der Waals surface area contributed by atoms with Crippen molar-refractivity contribution in [1.82, 2.24) is 15.1 Å². The highest BCUT2D eigenvalue weighted by Gasteiger charge is 2.26. The average molecular weight is 351 g/mol. The van der Waals surface area contributed by atoms with Crippen LogP contribution in [0, 0.1) is 11.7 Å². The zero-order valence-electron chi connectivity index (χ0n) is 15.7. The second-order valence-corrected chi connectivity index (χ2v) is 7.59. The quantitative estimate of drug-likeness (QED) is 0.857. The topological polar surface area (TPSA) is 44.8 Å². The van der Waals surface area contributed by atoms with Crippen molar-refractivity contribution in [2.24, 2.45) is 5.92 Å². The number of carbonyl (C=O) groups excluding carboxylic acids is 1. The van der Waals surface area contributed by atoms with Crippen LogP contribution in [0.15, 0.2) is 24.3 Å².